The van der Waals surface area contributed by atoms with Crippen LogP contribution in [0.2, 0.25) is 0 Å². The van der Waals surface area contributed by atoms with Crippen molar-refractivity contribution in [3.8, 4) is 34.2 Å². The van der Waals surface area contributed by atoms with Crippen molar-refractivity contribution in [2.75, 3.05) is 12.4 Å². The van der Waals surface area contributed by atoms with Crippen LogP contribution in [-0.4, -0.2) is 28.6 Å². The molecule has 0 amide bonds. The van der Waals surface area contributed by atoms with Crippen molar-refractivity contribution in [3.63, 3.8) is 0 Å². The molecule has 182 valence electrons. The fraction of sp³-hybridized carbons (Fsp3) is 0.226. The van der Waals surface area contributed by atoms with Crippen molar-refractivity contribution in [3.05, 3.63) is 102 Å². The van der Waals surface area contributed by atoms with Gasteiger partial charge in [-0.15, -0.1) is 11.8 Å². The minimum Gasteiger partial charge on any atom is -0.491 e. The zero-order chi connectivity index (χ0) is 25.5. The van der Waals surface area contributed by atoms with Gasteiger partial charge in [-0.1, -0.05) is 93.6 Å². The molecular weight excluding hydrogens is 464 g/mol. The van der Waals surface area contributed by atoms with Gasteiger partial charge in [-0.2, -0.15) is 5.26 Å². The second-order valence-corrected chi connectivity index (χ2v) is 10.6. The first-order valence-electron chi connectivity index (χ1n) is 12.0. The Kier molecular flexibility index (Phi) is 8.10. The summed E-state index contributed by atoms with van der Waals surface area (Å²) in [5.74, 6) is 1.08. The molecule has 0 fully saturated rings. The van der Waals surface area contributed by atoms with E-state index in [-0.39, 0.29) is 12.0 Å². The summed E-state index contributed by atoms with van der Waals surface area (Å²) < 4.78 is 5.82. The van der Waals surface area contributed by atoms with E-state index in [1.54, 1.807) is 0 Å². The molecule has 4 nitrogen and oxygen atoms in total. The molecule has 0 saturated heterocycles. The van der Waals surface area contributed by atoms with Crippen molar-refractivity contribution in [2.45, 2.75) is 37.3 Å². The highest BCUT2D eigenvalue weighted by Gasteiger charge is 2.18. The van der Waals surface area contributed by atoms with Gasteiger partial charge in [-0.05, 0) is 34.7 Å². The van der Waals surface area contributed by atoms with Crippen molar-refractivity contribution in [1.29, 1.82) is 5.26 Å². The van der Waals surface area contributed by atoms with Gasteiger partial charge in [-0.3, -0.25) is 0 Å². The number of aliphatic hydroxyl groups is 1. The molecule has 5 heteroatoms. The molecule has 36 heavy (non-hydrogen) atoms. The van der Waals surface area contributed by atoms with Gasteiger partial charge >= 0.3 is 0 Å². The van der Waals surface area contributed by atoms with E-state index >= 15 is 0 Å². The Labute approximate surface area is 217 Å². The quantitative estimate of drug-likeness (QED) is 0.264. The minimum atomic E-state index is -0.716. The molecule has 4 aromatic rings. The van der Waals surface area contributed by atoms with E-state index in [0.717, 1.165) is 28.1 Å². The third-order valence-corrected chi connectivity index (χ3v) is 6.95. The van der Waals surface area contributed by atoms with Gasteiger partial charge in [0.05, 0.1) is 17.4 Å². The first-order valence-corrected chi connectivity index (χ1v) is 12.9. The molecule has 1 N–H and O–H groups in total. The van der Waals surface area contributed by atoms with Crippen LogP contribution in [0.5, 0.6) is 5.75 Å². The largest absolute Gasteiger partial charge is 0.491 e. The van der Waals surface area contributed by atoms with Crippen molar-refractivity contribution < 1.29 is 9.84 Å². The van der Waals surface area contributed by atoms with Crippen LogP contribution in [0.4, 0.5) is 0 Å². The second-order valence-electron chi connectivity index (χ2n) is 9.63. The fourth-order valence-electron chi connectivity index (χ4n) is 3.80. The number of pyridine rings is 1. The number of nitriles is 1. The van der Waals surface area contributed by atoms with Gasteiger partial charge in [-0.25, -0.2) is 4.98 Å². The van der Waals surface area contributed by atoms with Crippen LogP contribution >= 0.6 is 11.8 Å². The molecule has 0 saturated carbocycles. The molecule has 0 aliphatic heterocycles. The highest BCUT2D eigenvalue weighted by atomic mass is 32.2. The Hall–Kier alpha value is -3.59. The van der Waals surface area contributed by atoms with Gasteiger partial charge in [0.15, 0.2) is 0 Å². The van der Waals surface area contributed by atoms with Crippen LogP contribution < -0.4 is 4.74 Å². The number of hydrogen-bond acceptors (Lipinski definition) is 5. The minimum absolute atomic E-state index is 0.0764. The van der Waals surface area contributed by atoms with Crippen LogP contribution in [0.3, 0.4) is 0 Å². The molecule has 0 spiro atoms. The van der Waals surface area contributed by atoms with Gasteiger partial charge in [0.25, 0.3) is 0 Å². The maximum Gasteiger partial charge on any atom is 0.119 e. The van der Waals surface area contributed by atoms with E-state index < -0.39 is 6.10 Å². The Morgan fingerprint density at radius 3 is 2.11 bits per heavy atom. The Bertz CT molecular complexity index is 1330. The van der Waals surface area contributed by atoms with Crippen LogP contribution in [0.25, 0.3) is 22.4 Å². The highest BCUT2D eigenvalue weighted by molar-refractivity contribution is 7.99. The highest BCUT2D eigenvalue weighted by Crippen LogP contribution is 2.34. The van der Waals surface area contributed by atoms with E-state index in [4.69, 9.17) is 9.72 Å². The number of aromatic nitrogens is 1. The molecule has 1 unspecified atom stereocenters. The van der Waals surface area contributed by atoms with Crippen molar-refractivity contribution in [2.24, 2.45) is 0 Å². The molecule has 3 aromatic carbocycles. The fourth-order valence-corrected chi connectivity index (χ4v) is 4.71. The SMILES string of the molecule is CC(C)(C)c1ccc(OCC(O)CSc2nc(-c3ccccc3)cc(-c3ccccc3)c2C#N)cc1. The molecule has 1 aromatic heterocycles. The molecule has 0 radical (unpaired) electrons. The van der Waals surface area contributed by atoms with E-state index in [1.165, 1.54) is 17.3 Å². The summed E-state index contributed by atoms with van der Waals surface area (Å²) in [5.41, 5.74) is 5.37. The van der Waals surface area contributed by atoms with Crippen LogP contribution in [-0.2, 0) is 5.41 Å². The molecular formula is C31H30N2O2S. The summed E-state index contributed by atoms with van der Waals surface area (Å²) in [6.45, 7) is 6.67. The summed E-state index contributed by atoms with van der Waals surface area (Å²) in [5, 5.41) is 21.3. The van der Waals surface area contributed by atoms with Gasteiger partial charge < -0.3 is 9.84 Å². The molecule has 1 heterocycles. The van der Waals surface area contributed by atoms with Crippen LogP contribution in [0.1, 0.15) is 31.9 Å². The first kappa shape index (κ1) is 25.5. The smallest absolute Gasteiger partial charge is 0.119 e. The van der Waals surface area contributed by atoms with Crippen molar-refractivity contribution >= 4 is 11.8 Å². The summed E-state index contributed by atoms with van der Waals surface area (Å²) in [4.78, 5) is 4.81. The number of thioether (sulfide) groups is 1. The zero-order valence-electron chi connectivity index (χ0n) is 20.8. The third kappa shape index (κ3) is 6.34. The monoisotopic (exact) mass is 494 g/mol. The standard InChI is InChI=1S/C31H30N2O2S/c1-31(2,3)24-14-16-26(17-15-24)35-20-25(34)21-36-30-28(19-32)27(22-10-6-4-7-11-22)18-29(33-30)23-12-8-5-9-13-23/h4-18,25,34H,20-21H2,1-3H3. The molecule has 0 bridgehead atoms. The molecule has 1 atom stereocenters. The molecule has 4 rings (SSSR count). The van der Waals surface area contributed by atoms with Gasteiger partial charge in [0, 0.05) is 16.9 Å². The van der Waals surface area contributed by atoms with Gasteiger partial charge in [0.2, 0.25) is 0 Å². The van der Waals surface area contributed by atoms with E-state index in [1.807, 2.05) is 78.9 Å². The first-order chi connectivity index (χ1) is 17.3. The number of nitrogens with zero attached hydrogens (tertiary/aromatic N) is 2. The lowest BCUT2D eigenvalue weighted by Gasteiger charge is -2.19. The van der Waals surface area contributed by atoms with Crippen molar-refractivity contribution in [1.82, 2.24) is 4.98 Å². The predicted molar refractivity (Wildman–Crippen MR) is 147 cm³/mol. The summed E-state index contributed by atoms with van der Waals surface area (Å²) in [6.07, 6.45) is -0.716. The normalized spacial score (nSPS) is 12.1. The zero-order valence-corrected chi connectivity index (χ0v) is 21.6. The topological polar surface area (TPSA) is 66.1 Å². The second kappa shape index (κ2) is 11.4. The Morgan fingerprint density at radius 2 is 1.53 bits per heavy atom. The predicted octanol–water partition coefficient (Wildman–Crippen LogP) is 7.12. The van der Waals surface area contributed by atoms with Crippen LogP contribution in [0.15, 0.2) is 96.0 Å². The van der Waals surface area contributed by atoms with Gasteiger partial charge in [0.1, 0.15) is 23.5 Å². The molecule has 0 aliphatic rings. The summed E-state index contributed by atoms with van der Waals surface area (Å²) >= 11 is 1.37. The number of rotatable bonds is 8. The van der Waals surface area contributed by atoms with E-state index in [2.05, 4.69) is 39.0 Å². The lowest BCUT2D eigenvalue weighted by molar-refractivity contribution is 0.126. The lowest BCUT2D eigenvalue weighted by Crippen LogP contribution is -2.20. The lowest BCUT2D eigenvalue weighted by atomic mass is 9.87. The summed E-state index contributed by atoms with van der Waals surface area (Å²) in [7, 11) is 0. The average Bonchev–Trinajstić information content (AvgIpc) is 2.91. The Morgan fingerprint density at radius 1 is 0.917 bits per heavy atom. The van der Waals surface area contributed by atoms with Crippen LogP contribution in [0, 0.1) is 11.3 Å². The maximum absolute atomic E-state index is 10.6. The molecule has 0 aliphatic carbocycles. The maximum atomic E-state index is 10.6. The number of benzene rings is 3. The average molecular weight is 495 g/mol. The third-order valence-electron chi connectivity index (χ3n) is 5.83. The number of aliphatic hydroxyl groups excluding tert-OH is 1. The summed E-state index contributed by atoms with van der Waals surface area (Å²) in [6, 6.07) is 32.1. The van der Waals surface area contributed by atoms with E-state index in [9.17, 15) is 10.4 Å². The number of hydrogen-bond donors (Lipinski definition) is 1. The van der Waals surface area contributed by atoms with E-state index in [0.29, 0.717) is 16.3 Å². The Balaban J connectivity index is 1.52. The number of ether oxygens (including phenoxy) is 1.